The average molecular weight is 205 g/mol. The van der Waals surface area contributed by atoms with Gasteiger partial charge in [0, 0.05) is 6.61 Å². The third kappa shape index (κ3) is 1.39. The summed E-state index contributed by atoms with van der Waals surface area (Å²) in [4.78, 5) is 0. The molecule has 2 rings (SSSR count). The van der Waals surface area contributed by atoms with Gasteiger partial charge in [-0.05, 0) is 26.7 Å². The number of hydrogen-bond acceptors (Lipinski definition) is 3. The Morgan fingerprint density at radius 2 is 2.15 bits per heavy atom. The predicted molar refractivity (Wildman–Crippen MR) is 48.7 cm³/mol. The van der Waals surface area contributed by atoms with Crippen molar-refractivity contribution in [1.82, 2.24) is 4.31 Å². The maximum absolute atomic E-state index is 11.7. The third-order valence-corrected chi connectivity index (χ3v) is 4.90. The van der Waals surface area contributed by atoms with Crippen molar-refractivity contribution in [3.63, 3.8) is 0 Å². The van der Waals surface area contributed by atoms with E-state index in [0.717, 1.165) is 12.8 Å². The number of sulfonamides is 1. The van der Waals surface area contributed by atoms with Crippen molar-refractivity contribution in [3.8, 4) is 0 Å². The van der Waals surface area contributed by atoms with Crippen molar-refractivity contribution in [2.24, 2.45) is 0 Å². The van der Waals surface area contributed by atoms with Gasteiger partial charge in [-0.1, -0.05) is 0 Å². The number of ether oxygens (including phenoxy) is 1. The molecule has 0 spiro atoms. The number of hydrogen-bond donors (Lipinski definition) is 0. The normalized spacial score (nSPS) is 38.8. The van der Waals surface area contributed by atoms with Gasteiger partial charge < -0.3 is 4.74 Å². The molecule has 4 nitrogen and oxygen atoms in total. The van der Waals surface area contributed by atoms with Gasteiger partial charge in [0.1, 0.15) is 6.23 Å². The first-order chi connectivity index (χ1) is 6.05. The Balaban J connectivity index is 2.12. The zero-order chi connectivity index (χ0) is 9.64. The Hall–Kier alpha value is -0.130. The summed E-state index contributed by atoms with van der Waals surface area (Å²) in [6.45, 7) is 4.12. The summed E-state index contributed by atoms with van der Waals surface area (Å²) in [5, 5.41) is -0.332. The minimum absolute atomic E-state index is 0.138. The van der Waals surface area contributed by atoms with E-state index in [0.29, 0.717) is 6.61 Å². The maximum Gasteiger partial charge on any atom is 0.219 e. The monoisotopic (exact) mass is 205 g/mol. The van der Waals surface area contributed by atoms with Gasteiger partial charge in [-0.15, -0.1) is 0 Å². The molecule has 0 amide bonds. The molecule has 2 fully saturated rings. The van der Waals surface area contributed by atoms with E-state index in [1.165, 1.54) is 4.31 Å². The van der Waals surface area contributed by atoms with E-state index < -0.39 is 10.0 Å². The summed E-state index contributed by atoms with van der Waals surface area (Å²) in [5.74, 6) is 0. The SMILES string of the molecule is CC(C)S(=O)(=O)N1[C@@H]2OCCC[C@@H]21. The van der Waals surface area contributed by atoms with Crippen LogP contribution in [0.4, 0.5) is 0 Å². The standard InChI is InChI=1S/C8H15NO3S/c1-6(2)13(10,11)9-7-4-3-5-12-8(7)9/h6-8H,3-5H2,1-2H3/t7-,8+,9?/m0/s1. The molecule has 0 N–H and O–H groups in total. The average Bonchev–Trinajstić information content (AvgIpc) is 2.77. The molecule has 2 aliphatic heterocycles. The van der Waals surface area contributed by atoms with E-state index in [4.69, 9.17) is 4.74 Å². The summed E-state index contributed by atoms with van der Waals surface area (Å²) in [7, 11) is -3.08. The first kappa shape index (κ1) is 9.43. The van der Waals surface area contributed by atoms with Crippen molar-refractivity contribution in [2.45, 2.75) is 44.2 Å². The summed E-state index contributed by atoms with van der Waals surface area (Å²) >= 11 is 0. The quantitative estimate of drug-likeness (QED) is 0.618. The van der Waals surface area contributed by atoms with Gasteiger partial charge >= 0.3 is 0 Å². The summed E-state index contributed by atoms with van der Waals surface area (Å²) in [5.41, 5.74) is 0. The Morgan fingerprint density at radius 3 is 2.62 bits per heavy atom. The lowest BCUT2D eigenvalue weighted by Crippen LogP contribution is -2.24. The highest BCUT2D eigenvalue weighted by Crippen LogP contribution is 2.40. The molecule has 2 heterocycles. The Labute approximate surface area is 78.9 Å². The van der Waals surface area contributed by atoms with Crippen LogP contribution < -0.4 is 0 Å². The lowest BCUT2D eigenvalue weighted by atomic mass is 10.2. The van der Waals surface area contributed by atoms with Gasteiger partial charge in [-0.3, -0.25) is 0 Å². The molecular weight excluding hydrogens is 190 g/mol. The molecule has 76 valence electrons. The van der Waals surface area contributed by atoms with Crippen molar-refractivity contribution in [1.29, 1.82) is 0 Å². The van der Waals surface area contributed by atoms with Crippen molar-refractivity contribution in [3.05, 3.63) is 0 Å². The highest BCUT2D eigenvalue weighted by molar-refractivity contribution is 7.89. The molecule has 5 heteroatoms. The van der Waals surface area contributed by atoms with Gasteiger partial charge in [-0.25, -0.2) is 8.42 Å². The zero-order valence-corrected chi connectivity index (χ0v) is 8.75. The number of rotatable bonds is 2. The van der Waals surface area contributed by atoms with Gasteiger partial charge in [0.05, 0.1) is 11.3 Å². The minimum atomic E-state index is -3.08. The minimum Gasteiger partial charge on any atom is -0.360 e. The first-order valence-corrected chi connectivity index (χ1v) is 6.19. The fourth-order valence-corrected chi connectivity index (χ4v) is 3.27. The molecule has 2 aliphatic rings. The fraction of sp³-hybridized carbons (Fsp3) is 1.00. The molecular formula is C8H15NO3S. The Kier molecular flexibility index (Phi) is 2.13. The highest BCUT2D eigenvalue weighted by atomic mass is 32.2. The van der Waals surface area contributed by atoms with Crippen LogP contribution >= 0.6 is 0 Å². The van der Waals surface area contributed by atoms with Crippen LogP contribution in [0.2, 0.25) is 0 Å². The van der Waals surface area contributed by atoms with E-state index in [9.17, 15) is 8.42 Å². The first-order valence-electron chi connectivity index (χ1n) is 4.69. The van der Waals surface area contributed by atoms with E-state index in [2.05, 4.69) is 0 Å². The third-order valence-electron chi connectivity index (χ3n) is 2.64. The molecule has 0 aromatic carbocycles. The molecule has 3 atom stereocenters. The van der Waals surface area contributed by atoms with Gasteiger partial charge in [-0.2, -0.15) is 4.31 Å². The molecule has 0 aromatic heterocycles. The van der Waals surface area contributed by atoms with E-state index >= 15 is 0 Å². The van der Waals surface area contributed by atoms with Crippen LogP contribution in [0.5, 0.6) is 0 Å². The van der Waals surface area contributed by atoms with Crippen molar-refractivity contribution >= 4 is 10.0 Å². The molecule has 2 saturated heterocycles. The van der Waals surface area contributed by atoms with Crippen LogP contribution in [-0.2, 0) is 14.8 Å². The van der Waals surface area contributed by atoms with Crippen LogP contribution in [0.25, 0.3) is 0 Å². The van der Waals surface area contributed by atoms with Gasteiger partial charge in [0.25, 0.3) is 0 Å². The molecule has 0 bridgehead atoms. The van der Waals surface area contributed by atoms with Gasteiger partial charge in [0.2, 0.25) is 10.0 Å². The summed E-state index contributed by atoms with van der Waals surface area (Å²) < 4.78 is 30.3. The molecule has 0 aromatic rings. The molecule has 13 heavy (non-hydrogen) atoms. The van der Waals surface area contributed by atoms with Crippen LogP contribution in [0.3, 0.4) is 0 Å². The number of fused-ring (bicyclic) bond motifs is 1. The van der Waals surface area contributed by atoms with Crippen LogP contribution in [0.15, 0.2) is 0 Å². The largest absolute Gasteiger partial charge is 0.360 e. The van der Waals surface area contributed by atoms with Crippen molar-refractivity contribution < 1.29 is 13.2 Å². The smallest absolute Gasteiger partial charge is 0.219 e. The second-order valence-electron chi connectivity index (χ2n) is 3.89. The second-order valence-corrected chi connectivity index (χ2v) is 6.29. The predicted octanol–water partition coefficient (Wildman–Crippen LogP) is 0.545. The lowest BCUT2D eigenvalue weighted by molar-refractivity contribution is 0.0786. The summed E-state index contributed by atoms with van der Waals surface area (Å²) in [6.07, 6.45) is 1.79. The topological polar surface area (TPSA) is 46.4 Å². The molecule has 1 unspecified atom stereocenters. The summed E-state index contributed by atoms with van der Waals surface area (Å²) in [6, 6.07) is 0.140. The Bertz CT molecular complexity index is 287. The highest BCUT2D eigenvalue weighted by Gasteiger charge is 2.57. The van der Waals surface area contributed by atoms with Crippen molar-refractivity contribution in [2.75, 3.05) is 6.61 Å². The van der Waals surface area contributed by atoms with Crippen LogP contribution in [-0.4, -0.2) is 36.8 Å². The Morgan fingerprint density at radius 1 is 1.46 bits per heavy atom. The zero-order valence-electron chi connectivity index (χ0n) is 7.93. The molecule has 0 radical (unpaired) electrons. The van der Waals surface area contributed by atoms with Crippen LogP contribution in [0, 0.1) is 0 Å². The second kappa shape index (κ2) is 2.93. The van der Waals surface area contributed by atoms with E-state index in [-0.39, 0.29) is 17.5 Å². The van der Waals surface area contributed by atoms with E-state index in [1.807, 2.05) is 0 Å². The molecule has 0 saturated carbocycles. The molecule has 0 aliphatic carbocycles. The van der Waals surface area contributed by atoms with Gasteiger partial charge in [0.15, 0.2) is 0 Å². The van der Waals surface area contributed by atoms with E-state index in [1.54, 1.807) is 13.8 Å². The number of nitrogens with zero attached hydrogens (tertiary/aromatic N) is 1. The lowest BCUT2D eigenvalue weighted by Gasteiger charge is -2.08. The fourth-order valence-electron chi connectivity index (χ4n) is 1.76. The van der Waals surface area contributed by atoms with Crippen LogP contribution in [0.1, 0.15) is 26.7 Å². The maximum atomic E-state index is 11.7.